The lowest BCUT2D eigenvalue weighted by atomic mass is 10.1. The number of amides is 1. The first kappa shape index (κ1) is 10.9. The normalized spacial score (nSPS) is 33.1. The van der Waals surface area contributed by atoms with Crippen molar-refractivity contribution in [3.63, 3.8) is 0 Å². The number of carbonyl (C=O) groups is 1. The minimum Gasteiger partial charge on any atom is -0.394 e. The zero-order chi connectivity index (χ0) is 10.7. The molecule has 15 heavy (non-hydrogen) atoms. The van der Waals surface area contributed by atoms with E-state index >= 15 is 0 Å². The number of nitrogens with zero attached hydrogens (tertiary/aromatic N) is 1. The van der Waals surface area contributed by atoms with E-state index in [2.05, 4.69) is 0 Å². The molecule has 0 aromatic heterocycles. The second-order valence-electron chi connectivity index (χ2n) is 3.97. The van der Waals surface area contributed by atoms with Crippen LogP contribution < -0.4 is 0 Å². The molecule has 0 aromatic rings. The highest BCUT2D eigenvalue weighted by atomic mass is 16.5. The molecule has 2 unspecified atom stereocenters. The van der Waals surface area contributed by atoms with Crippen LogP contribution in [0.1, 0.15) is 19.3 Å². The second kappa shape index (κ2) is 4.92. The van der Waals surface area contributed by atoms with Crippen molar-refractivity contribution in [2.24, 2.45) is 0 Å². The van der Waals surface area contributed by atoms with Gasteiger partial charge in [0.25, 0.3) is 5.91 Å². The summed E-state index contributed by atoms with van der Waals surface area (Å²) in [5.41, 5.74) is 0. The maximum Gasteiger partial charge on any atom is 0.251 e. The molecule has 5 heteroatoms. The Kier molecular flexibility index (Phi) is 3.56. The Hall–Kier alpha value is -0.650. The van der Waals surface area contributed by atoms with Gasteiger partial charge in [0.05, 0.1) is 19.3 Å². The summed E-state index contributed by atoms with van der Waals surface area (Å²) in [6, 6.07) is -0.241. The quantitative estimate of drug-likeness (QED) is 0.689. The van der Waals surface area contributed by atoms with Gasteiger partial charge in [-0.25, -0.2) is 0 Å². The minimum absolute atomic E-state index is 0.0639. The molecule has 2 rings (SSSR count). The van der Waals surface area contributed by atoms with Crippen LogP contribution in [0.3, 0.4) is 0 Å². The van der Waals surface area contributed by atoms with Crippen LogP contribution in [-0.4, -0.2) is 54.6 Å². The van der Waals surface area contributed by atoms with E-state index in [1.165, 1.54) is 0 Å². The van der Waals surface area contributed by atoms with Gasteiger partial charge in [0.1, 0.15) is 12.8 Å². The van der Waals surface area contributed by atoms with Gasteiger partial charge in [0.2, 0.25) is 0 Å². The summed E-state index contributed by atoms with van der Waals surface area (Å²) in [4.78, 5) is 13.3. The summed E-state index contributed by atoms with van der Waals surface area (Å²) in [6.45, 7) is 1.15. The van der Waals surface area contributed by atoms with E-state index < -0.39 is 0 Å². The first-order chi connectivity index (χ1) is 7.33. The summed E-state index contributed by atoms with van der Waals surface area (Å²) in [5, 5.41) is 9.18. The van der Waals surface area contributed by atoms with E-state index in [0.717, 1.165) is 19.3 Å². The van der Waals surface area contributed by atoms with Crippen molar-refractivity contribution < 1.29 is 19.4 Å². The fourth-order valence-electron chi connectivity index (χ4n) is 2.12. The molecule has 0 aromatic carbocycles. The molecule has 5 nitrogen and oxygen atoms in total. The van der Waals surface area contributed by atoms with Gasteiger partial charge < -0.3 is 19.5 Å². The van der Waals surface area contributed by atoms with Crippen molar-refractivity contribution in [1.82, 2.24) is 4.90 Å². The fourth-order valence-corrected chi connectivity index (χ4v) is 2.12. The predicted octanol–water partition coefficient (Wildman–Crippen LogP) is -0.267. The van der Waals surface area contributed by atoms with Crippen LogP contribution >= 0.6 is 0 Å². The lowest BCUT2D eigenvalue weighted by Crippen LogP contribution is -2.57. The molecule has 2 saturated heterocycles. The molecule has 0 radical (unpaired) electrons. The zero-order valence-corrected chi connectivity index (χ0v) is 8.72. The highest BCUT2D eigenvalue weighted by Gasteiger charge is 2.35. The maximum absolute atomic E-state index is 11.7. The van der Waals surface area contributed by atoms with E-state index in [-0.39, 0.29) is 31.4 Å². The molecule has 1 N–H and O–H groups in total. The molecule has 0 bridgehead atoms. The van der Waals surface area contributed by atoms with E-state index in [9.17, 15) is 9.90 Å². The average molecular weight is 215 g/mol. The Bertz CT molecular complexity index is 227. The topological polar surface area (TPSA) is 59.0 Å². The Morgan fingerprint density at radius 3 is 3.00 bits per heavy atom. The first-order valence-electron chi connectivity index (χ1n) is 5.44. The van der Waals surface area contributed by atoms with Crippen LogP contribution in [-0.2, 0) is 14.3 Å². The van der Waals surface area contributed by atoms with Crippen LogP contribution in [0.4, 0.5) is 0 Å². The molecular weight excluding hydrogens is 198 g/mol. The molecule has 1 amide bonds. The molecular formula is C10H17NO4. The number of ether oxygens (including phenoxy) is 2. The number of aliphatic hydroxyl groups is 1. The van der Waals surface area contributed by atoms with E-state index in [1.807, 2.05) is 0 Å². The van der Waals surface area contributed by atoms with Crippen molar-refractivity contribution >= 4 is 5.91 Å². The van der Waals surface area contributed by atoms with Crippen LogP contribution in [0.2, 0.25) is 0 Å². The van der Waals surface area contributed by atoms with Gasteiger partial charge in [-0.1, -0.05) is 0 Å². The summed E-state index contributed by atoms with van der Waals surface area (Å²) < 4.78 is 10.7. The van der Waals surface area contributed by atoms with Gasteiger partial charge in [0, 0.05) is 6.61 Å². The van der Waals surface area contributed by atoms with Crippen molar-refractivity contribution in [2.75, 3.05) is 26.4 Å². The van der Waals surface area contributed by atoms with Crippen LogP contribution in [0.15, 0.2) is 0 Å². The molecule has 0 saturated carbocycles. The number of aliphatic hydroxyl groups excluding tert-OH is 1. The lowest BCUT2D eigenvalue weighted by molar-refractivity contribution is -0.178. The van der Waals surface area contributed by atoms with Gasteiger partial charge in [0.15, 0.2) is 0 Å². The predicted molar refractivity (Wildman–Crippen MR) is 52.1 cm³/mol. The second-order valence-corrected chi connectivity index (χ2v) is 3.97. The number of rotatable bonds is 2. The summed E-state index contributed by atoms with van der Waals surface area (Å²) in [6.07, 6.45) is 2.83. The van der Waals surface area contributed by atoms with Gasteiger partial charge in [-0.05, 0) is 19.3 Å². The molecule has 2 aliphatic rings. The first-order valence-corrected chi connectivity index (χ1v) is 5.44. The Morgan fingerprint density at radius 2 is 2.33 bits per heavy atom. The van der Waals surface area contributed by atoms with Gasteiger partial charge in [-0.15, -0.1) is 0 Å². The largest absolute Gasteiger partial charge is 0.394 e. The van der Waals surface area contributed by atoms with Crippen LogP contribution in [0.25, 0.3) is 0 Å². The highest BCUT2D eigenvalue weighted by Crippen LogP contribution is 2.21. The van der Waals surface area contributed by atoms with Gasteiger partial charge in [-0.3, -0.25) is 4.79 Å². The number of hydrogen-bond acceptors (Lipinski definition) is 4. The lowest BCUT2D eigenvalue weighted by Gasteiger charge is -2.41. The number of morpholine rings is 1. The summed E-state index contributed by atoms with van der Waals surface area (Å²) in [5.74, 6) is -0.0767. The third-order valence-electron chi connectivity index (χ3n) is 2.89. The molecule has 2 heterocycles. The maximum atomic E-state index is 11.7. The van der Waals surface area contributed by atoms with E-state index in [4.69, 9.17) is 9.47 Å². The Morgan fingerprint density at radius 1 is 1.47 bits per heavy atom. The van der Waals surface area contributed by atoms with Crippen molar-refractivity contribution in [3.05, 3.63) is 0 Å². The minimum atomic E-state index is -0.241. The van der Waals surface area contributed by atoms with Crippen LogP contribution in [0.5, 0.6) is 0 Å². The molecule has 2 atom stereocenters. The molecule has 2 fully saturated rings. The van der Waals surface area contributed by atoms with Crippen molar-refractivity contribution in [1.29, 1.82) is 0 Å². The van der Waals surface area contributed by atoms with E-state index in [0.29, 0.717) is 13.2 Å². The monoisotopic (exact) mass is 215 g/mol. The smallest absolute Gasteiger partial charge is 0.251 e. The third kappa shape index (κ3) is 2.30. The third-order valence-corrected chi connectivity index (χ3v) is 2.89. The SMILES string of the molecule is O=C1COCC(CO)N1C1CCCCO1. The van der Waals surface area contributed by atoms with Gasteiger partial charge in [-0.2, -0.15) is 0 Å². The Balaban J connectivity index is 2.03. The summed E-state index contributed by atoms with van der Waals surface area (Å²) >= 11 is 0. The Labute approximate surface area is 89.0 Å². The highest BCUT2D eigenvalue weighted by molar-refractivity contribution is 5.78. The van der Waals surface area contributed by atoms with Crippen molar-refractivity contribution in [2.45, 2.75) is 31.5 Å². The summed E-state index contributed by atoms with van der Waals surface area (Å²) in [7, 11) is 0. The average Bonchev–Trinajstić information content (AvgIpc) is 2.29. The van der Waals surface area contributed by atoms with Gasteiger partial charge >= 0.3 is 0 Å². The molecule has 0 aliphatic carbocycles. The number of hydrogen-bond donors (Lipinski definition) is 1. The molecule has 2 aliphatic heterocycles. The number of carbonyl (C=O) groups excluding carboxylic acids is 1. The molecule has 86 valence electrons. The van der Waals surface area contributed by atoms with Crippen LogP contribution in [0, 0.1) is 0 Å². The molecule has 0 spiro atoms. The standard InChI is InChI=1S/C10H17NO4/c12-5-8-6-14-7-9(13)11(8)10-3-1-2-4-15-10/h8,10,12H,1-7H2. The zero-order valence-electron chi connectivity index (χ0n) is 8.72. The van der Waals surface area contributed by atoms with Crippen molar-refractivity contribution in [3.8, 4) is 0 Å². The van der Waals surface area contributed by atoms with E-state index in [1.54, 1.807) is 4.90 Å². The fraction of sp³-hybridized carbons (Fsp3) is 0.900.